The van der Waals surface area contributed by atoms with Crippen molar-refractivity contribution in [2.24, 2.45) is 0 Å². The number of carbonyl (C=O) groups excluding carboxylic acids is 2. The van der Waals surface area contributed by atoms with Crippen LogP contribution in [-0.4, -0.2) is 47.7 Å². The van der Waals surface area contributed by atoms with Crippen LogP contribution in [-0.2, 0) is 9.59 Å². The van der Waals surface area contributed by atoms with Crippen LogP contribution in [0.4, 0.5) is 5.13 Å². The van der Waals surface area contributed by atoms with Crippen molar-refractivity contribution in [3.05, 3.63) is 77.4 Å². The molecule has 1 fully saturated rings. The first kappa shape index (κ1) is 25.1. The Kier molecular flexibility index (Phi) is 6.64. The molecule has 0 radical (unpaired) electrons. The molecule has 0 aliphatic carbocycles. The number of hydrogen-bond acceptors (Lipinski definition) is 9. The second kappa shape index (κ2) is 10.1. The number of amides is 1. The topological polar surface area (TPSA) is 118 Å². The van der Waals surface area contributed by atoms with Crippen LogP contribution >= 0.6 is 11.3 Å². The minimum Gasteiger partial charge on any atom is -0.507 e. The fraction of sp³-hybridized carbons (Fsp3) is 0.179. The van der Waals surface area contributed by atoms with Gasteiger partial charge in [-0.3, -0.25) is 14.5 Å². The molecule has 9 nitrogen and oxygen atoms in total. The van der Waals surface area contributed by atoms with Crippen LogP contribution in [0, 0.1) is 0 Å². The largest absolute Gasteiger partial charge is 0.507 e. The Morgan fingerprint density at radius 1 is 1.03 bits per heavy atom. The number of methoxy groups -OCH3 is 2. The number of rotatable bonds is 7. The summed E-state index contributed by atoms with van der Waals surface area (Å²) in [5.41, 5.74) is 1.26. The summed E-state index contributed by atoms with van der Waals surface area (Å²) >= 11 is 1.22. The van der Waals surface area contributed by atoms with E-state index in [-0.39, 0.29) is 28.0 Å². The maximum atomic E-state index is 13.5. The minimum absolute atomic E-state index is 0.107. The normalized spacial score (nSPS) is 16.7. The van der Waals surface area contributed by atoms with Gasteiger partial charge >= 0.3 is 5.91 Å². The molecule has 0 spiro atoms. The fourth-order valence-electron chi connectivity index (χ4n) is 4.39. The average Bonchev–Trinajstić information content (AvgIpc) is 3.46. The molecule has 0 saturated carbocycles. The summed E-state index contributed by atoms with van der Waals surface area (Å²) in [4.78, 5) is 32.8. The monoisotopic (exact) mass is 532 g/mol. The Bertz CT molecular complexity index is 1590. The van der Waals surface area contributed by atoms with Gasteiger partial charge in [-0.25, -0.2) is 4.98 Å². The number of aliphatic hydroxyl groups is 1. The molecular weight excluding hydrogens is 508 g/mol. The maximum absolute atomic E-state index is 13.5. The van der Waals surface area contributed by atoms with E-state index in [0.717, 1.165) is 4.70 Å². The van der Waals surface area contributed by atoms with E-state index in [1.165, 1.54) is 42.6 Å². The zero-order valence-corrected chi connectivity index (χ0v) is 21.6. The highest BCUT2D eigenvalue weighted by Gasteiger charge is 2.48. The summed E-state index contributed by atoms with van der Waals surface area (Å²) in [5, 5.41) is 21.8. The zero-order chi connectivity index (χ0) is 27.0. The van der Waals surface area contributed by atoms with Crippen LogP contribution in [0.1, 0.15) is 24.1 Å². The summed E-state index contributed by atoms with van der Waals surface area (Å²) in [6.45, 7) is 2.38. The van der Waals surface area contributed by atoms with Gasteiger partial charge in [0.15, 0.2) is 16.6 Å². The van der Waals surface area contributed by atoms with Gasteiger partial charge in [0.2, 0.25) is 0 Å². The lowest BCUT2D eigenvalue weighted by atomic mass is 9.95. The predicted molar refractivity (Wildman–Crippen MR) is 143 cm³/mol. The zero-order valence-electron chi connectivity index (χ0n) is 20.8. The van der Waals surface area contributed by atoms with Crippen LogP contribution < -0.4 is 19.1 Å². The molecule has 2 N–H and O–H groups in total. The third-order valence-electron chi connectivity index (χ3n) is 6.17. The molecule has 1 aliphatic rings. The van der Waals surface area contributed by atoms with Crippen LogP contribution in [0.5, 0.6) is 23.0 Å². The highest BCUT2D eigenvalue weighted by molar-refractivity contribution is 7.22. The Labute approximate surface area is 222 Å². The Hall–Kier alpha value is -4.57. The van der Waals surface area contributed by atoms with Gasteiger partial charge in [0, 0.05) is 5.56 Å². The first-order valence-corrected chi connectivity index (χ1v) is 12.5. The highest BCUT2D eigenvalue weighted by atomic mass is 32.1. The molecule has 3 aromatic carbocycles. The van der Waals surface area contributed by atoms with Crippen molar-refractivity contribution in [3.63, 3.8) is 0 Å². The third-order valence-corrected chi connectivity index (χ3v) is 7.19. The summed E-state index contributed by atoms with van der Waals surface area (Å²) in [6.07, 6.45) is 0. The van der Waals surface area contributed by atoms with Gasteiger partial charge in [-0.05, 0) is 55.0 Å². The molecule has 10 heteroatoms. The van der Waals surface area contributed by atoms with Crippen LogP contribution in [0.2, 0.25) is 0 Å². The maximum Gasteiger partial charge on any atom is 0.301 e. The molecule has 1 saturated heterocycles. The van der Waals surface area contributed by atoms with E-state index in [0.29, 0.717) is 34.7 Å². The van der Waals surface area contributed by atoms with Crippen molar-refractivity contribution < 1.29 is 34.0 Å². The van der Waals surface area contributed by atoms with Crippen molar-refractivity contribution in [3.8, 4) is 23.0 Å². The molecule has 194 valence electrons. The van der Waals surface area contributed by atoms with E-state index in [4.69, 9.17) is 14.2 Å². The van der Waals surface area contributed by atoms with Gasteiger partial charge < -0.3 is 24.4 Å². The lowest BCUT2D eigenvalue weighted by Crippen LogP contribution is -2.29. The Morgan fingerprint density at radius 2 is 1.84 bits per heavy atom. The smallest absolute Gasteiger partial charge is 0.301 e. The molecule has 1 unspecified atom stereocenters. The van der Waals surface area contributed by atoms with Gasteiger partial charge in [0.25, 0.3) is 5.78 Å². The number of carbonyl (C=O) groups is 2. The molecule has 0 bridgehead atoms. The highest BCUT2D eigenvalue weighted by Crippen LogP contribution is 2.46. The molecular formula is C28H24N2O7S. The number of thiazole rings is 1. The molecule has 1 atom stereocenters. The number of phenolic OH excluding ortho intramolecular Hbond substituents is 1. The summed E-state index contributed by atoms with van der Waals surface area (Å²) in [7, 11) is 2.89. The second-order valence-corrected chi connectivity index (χ2v) is 9.40. The number of benzene rings is 3. The lowest BCUT2D eigenvalue weighted by Gasteiger charge is -2.23. The van der Waals surface area contributed by atoms with Crippen LogP contribution in [0.25, 0.3) is 16.0 Å². The van der Waals surface area contributed by atoms with E-state index < -0.39 is 17.7 Å². The summed E-state index contributed by atoms with van der Waals surface area (Å²) in [5.74, 6) is -0.879. The first-order valence-electron chi connectivity index (χ1n) is 11.7. The number of ketones is 1. The number of hydrogen-bond donors (Lipinski definition) is 2. The van der Waals surface area contributed by atoms with E-state index in [2.05, 4.69) is 4.98 Å². The van der Waals surface area contributed by atoms with Crippen molar-refractivity contribution in [2.75, 3.05) is 25.7 Å². The predicted octanol–water partition coefficient (Wildman–Crippen LogP) is 5.04. The average molecular weight is 533 g/mol. The minimum atomic E-state index is -1.04. The number of aromatic hydroxyl groups is 1. The fourth-order valence-corrected chi connectivity index (χ4v) is 5.41. The number of aliphatic hydroxyl groups excluding tert-OH is 1. The van der Waals surface area contributed by atoms with Gasteiger partial charge in [-0.15, -0.1) is 0 Å². The van der Waals surface area contributed by atoms with E-state index in [1.807, 2.05) is 13.0 Å². The SMILES string of the molecule is CCOc1ccc2nc(N3C(=O)C(=O)/C(=C(/O)c4cccc(OC)c4)C3c3ccc(O)c(OC)c3)sc2c1. The van der Waals surface area contributed by atoms with E-state index in [9.17, 15) is 19.8 Å². The lowest BCUT2D eigenvalue weighted by molar-refractivity contribution is -0.132. The number of fused-ring (bicyclic) bond motifs is 1. The van der Waals surface area contributed by atoms with Crippen LogP contribution in [0.15, 0.2) is 66.2 Å². The molecule has 1 aromatic heterocycles. The van der Waals surface area contributed by atoms with Gasteiger partial charge in [0.1, 0.15) is 17.3 Å². The number of phenols is 1. The van der Waals surface area contributed by atoms with E-state index >= 15 is 0 Å². The first-order chi connectivity index (χ1) is 18.4. The molecule has 1 amide bonds. The van der Waals surface area contributed by atoms with E-state index in [1.54, 1.807) is 42.5 Å². The van der Waals surface area contributed by atoms with Crippen molar-refractivity contribution >= 4 is 44.1 Å². The quantitative estimate of drug-likeness (QED) is 0.193. The van der Waals surface area contributed by atoms with Crippen LogP contribution in [0.3, 0.4) is 0 Å². The number of aromatic nitrogens is 1. The Balaban J connectivity index is 1.72. The van der Waals surface area contributed by atoms with Crippen molar-refractivity contribution in [1.29, 1.82) is 0 Å². The molecule has 38 heavy (non-hydrogen) atoms. The summed E-state index contributed by atoms with van der Waals surface area (Å²) in [6, 6.07) is 15.4. The second-order valence-electron chi connectivity index (χ2n) is 8.39. The number of anilines is 1. The van der Waals surface area contributed by atoms with Crippen molar-refractivity contribution in [1.82, 2.24) is 4.98 Å². The molecule has 4 aromatic rings. The van der Waals surface area contributed by atoms with Crippen molar-refractivity contribution in [2.45, 2.75) is 13.0 Å². The summed E-state index contributed by atoms with van der Waals surface area (Å²) < 4.78 is 16.9. The molecule has 2 heterocycles. The number of nitrogens with zero attached hydrogens (tertiary/aromatic N) is 2. The van der Waals surface area contributed by atoms with Gasteiger partial charge in [-0.2, -0.15) is 0 Å². The molecule has 1 aliphatic heterocycles. The third kappa shape index (κ3) is 4.28. The Morgan fingerprint density at radius 3 is 2.58 bits per heavy atom. The number of ether oxygens (including phenoxy) is 3. The number of Topliss-reactive ketones (excluding diaryl/α,β-unsaturated/α-hetero) is 1. The van der Waals surface area contributed by atoms with Gasteiger partial charge in [0.05, 0.1) is 42.7 Å². The molecule has 5 rings (SSSR count). The van der Waals surface area contributed by atoms with Gasteiger partial charge in [-0.1, -0.05) is 29.5 Å². The standard InChI is InChI=1S/C28H24N2O7S/c1-4-37-18-9-10-19-22(14-18)38-28(29-19)30-24(15-8-11-20(31)21(13-15)36-3)23(26(33)27(30)34)25(32)16-6-5-7-17(12-16)35-2/h5-14,24,31-32H,4H2,1-3H3/b25-23+.